The Morgan fingerprint density at radius 2 is 1.07 bits per heavy atom. The summed E-state index contributed by atoms with van der Waals surface area (Å²) in [6, 6.07) is 67.7. The molecular formula is C54H38N2O. The average molecular weight is 731 g/mol. The summed E-state index contributed by atoms with van der Waals surface area (Å²) in [7, 11) is 0. The van der Waals surface area contributed by atoms with Crippen molar-refractivity contribution in [2.24, 2.45) is 0 Å². The third-order valence-electron chi connectivity index (χ3n) is 11.4. The molecular weight excluding hydrogens is 693 g/mol. The highest BCUT2D eigenvalue weighted by atomic mass is 16.3. The lowest BCUT2D eigenvalue weighted by Crippen LogP contribution is -2.10. The minimum absolute atomic E-state index is 0.886. The zero-order valence-corrected chi connectivity index (χ0v) is 31.3. The van der Waals surface area contributed by atoms with Crippen LogP contribution in [0.2, 0.25) is 0 Å². The second kappa shape index (κ2) is 13.7. The molecule has 0 N–H and O–H groups in total. The van der Waals surface area contributed by atoms with Crippen molar-refractivity contribution in [2.45, 2.75) is 12.8 Å². The van der Waals surface area contributed by atoms with E-state index in [2.05, 4.69) is 210 Å². The van der Waals surface area contributed by atoms with Gasteiger partial charge in [0.05, 0.1) is 11.0 Å². The highest BCUT2D eigenvalue weighted by Crippen LogP contribution is 2.43. The molecule has 0 bridgehead atoms. The van der Waals surface area contributed by atoms with Crippen LogP contribution < -0.4 is 4.90 Å². The number of furan rings is 1. The van der Waals surface area contributed by atoms with Gasteiger partial charge in [-0.1, -0.05) is 140 Å². The highest BCUT2D eigenvalue weighted by Gasteiger charge is 2.20. The molecule has 0 unspecified atom stereocenters. The van der Waals surface area contributed by atoms with Gasteiger partial charge >= 0.3 is 0 Å². The summed E-state index contributed by atoms with van der Waals surface area (Å²) in [5.74, 6) is 0. The van der Waals surface area contributed by atoms with Gasteiger partial charge in [0.25, 0.3) is 0 Å². The van der Waals surface area contributed by atoms with Crippen LogP contribution in [0.1, 0.15) is 18.4 Å². The zero-order chi connectivity index (χ0) is 37.7. The Hall–Kier alpha value is -7.36. The van der Waals surface area contributed by atoms with E-state index in [9.17, 15) is 0 Å². The lowest BCUT2D eigenvalue weighted by molar-refractivity contribution is 0.670. The molecule has 11 rings (SSSR count). The van der Waals surface area contributed by atoms with Crippen molar-refractivity contribution < 1.29 is 4.42 Å². The van der Waals surface area contributed by atoms with Crippen molar-refractivity contribution in [3.05, 3.63) is 212 Å². The molecule has 0 saturated carbocycles. The number of hydrogen-bond acceptors (Lipinski definition) is 2. The molecule has 1 aliphatic carbocycles. The fourth-order valence-electron chi connectivity index (χ4n) is 8.70. The van der Waals surface area contributed by atoms with Crippen molar-refractivity contribution >= 4 is 66.4 Å². The SMILES string of the molecule is C1=CC(c2cccc(N(c3ccc(-c4cc(-n5c6ccccc6c6ccccc65)cc5c4oc4ccccc45)cc3)c3cccc(-c4ccccc4)c3)c2)=CCC1. The van der Waals surface area contributed by atoms with Gasteiger partial charge in [-0.2, -0.15) is 0 Å². The van der Waals surface area contributed by atoms with E-state index in [1.54, 1.807) is 0 Å². The molecule has 0 fully saturated rings. The number of anilines is 3. The number of nitrogens with zero attached hydrogens (tertiary/aromatic N) is 2. The van der Waals surface area contributed by atoms with Gasteiger partial charge in [-0.25, -0.2) is 0 Å². The topological polar surface area (TPSA) is 21.3 Å². The molecule has 0 saturated heterocycles. The smallest absolute Gasteiger partial charge is 0.143 e. The van der Waals surface area contributed by atoms with Crippen LogP contribution in [0, 0.1) is 0 Å². The Kier molecular flexibility index (Phi) is 7.96. The Morgan fingerprint density at radius 1 is 0.439 bits per heavy atom. The lowest BCUT2D eigenvalue weighted by atomic mass is 9.98. The fourth-order valence-corrected chi connectivity index (χ4v) is 8.70. The van der Waals surface area contributed by atoms with E-state index in [0.717, 1.165) is 68.7 Å². The van der Waals surface area contributed by atoms with Crippen molar-refractivity contribution in [3.8, 4) is 27.9 Å². The molecule has 10 aromatic rings. The van der Waals surface area contributed by atoms with E-state index in [1.807, 2.05) is 6.07 Å². The first-order chi connectivity index (χ1) is 28.3. The Labute approximate surface area is 331 Å². The standard InChI is InChI=1S/C54H38N2O/c1-3-15-37(16-4-1)40-19-13-21-43(33-40)55(44-22-14-20-41(34-44)38-17-5-2-6-18-38)42-31-29-39(30-32-42)49-35-45(36-50-48-25-9-12-28-53(48)57-54(49)50)56-51-26-10-7-23-46(51)47-24-8-11-27-52(47)56/h1,3-5,7-36H,2,6H2. The van der Waals surface area contributed by atoms with Crippen LogP contribution in [-0.4, -0.2) is 4.57 Å². The van der Waals surface area contributed by atoms with Gasteiger partial charge in [0, 0.05) is 49.9 Å². The van der Waals surface area contributed by atoms with E-state index in [-0.39, 0.29) is 0 Å². The van der Waals surface area contributed by atoms with E-state index in [1.165, 1.54) is 44.1 Å². The summed E-state index contributed by atoms with van der Waals surface area (Å²) >= 11 is 0. The largest absolute Gasteiger partial charge is 0.455 e. The van der Waals surface area contributed by atoms with Gasteiger partial charge in [-0.05, 0) is 107 Å². The number of para-hydroxylation sites is 3. The normalized spacial score (nSPS) is 12.8. The summed E-state index contributed by atoms with van der Waals surface area (Å²) in [5, 5.41) is 4.70. The van der Waals surface area contributed by atoms with Crippen LogP contribution in [0.25, 0.3) is 77.3 Å². The number of fused-ring (bicyclic) bond motifs is 6. The summed E-state index contributed by atoms with van der Waals surface area (Å²) in [6.07, 6.45) is 9.04. The maximum absolute atomic E-state index is 6.70. The van der Waals surface area contributed by atoms with Gasteiger partial charge in [0.1, 0.15) is 11.2 Å². The van der Waals surface area contributed by atoms with Gasteiger partial charge in [0.2, 0.25) is 0 Å². The third-order valence-corrected chi connectivity index (χ3v) is 11.4. The predicted octanol–water partition coefficient (Wildman–Crippen LogP) is 15.2. The third kappa shape index (κ3) is 5.75. The summed E-state index contributed by atoms with van der Waals surface area (Å²) in [6.45, 7) is 0. The van der Waals surface area contributed by atoms with E-state index >= 15 is 0 Å². The molecule has 270 valence electrons. The van der Waals surface area contributed by atoms with Crippen LogP contribution >= 0.6 is 0 Å². The van der Waals surface area contributed by atoms with Crippen LogP contribution in [0.4, 0.5) is 17.1 Å². The summed E-state index contributed by atoms with van der Waals surface area (Å²) in [4.78, 5) is 2.37. The Morgan fingerprint density at radius 3 is 1.79 bits per heavy atom. The predicted molar refractivity (Wildman–Crippen MR) is 240 cm³/mol. The summed E-state index contributed by atoms with van der Waals surface area (Å²) < 4.78 is 9.10. The second-order valence-electron chi connectivity index (χ2n) is 14.8. The van der Waals surface area contributed by atoms with Gasteiger partial charge in [-0.15, -0.1) is 0 Å². The van der Waals surface area contributed by atoms with Crippen molar-refractivity contribution in [2.75, 3.05) is 4.90 Å². The van der Waals surface area contributed by atoms with E-state index in [0.29, 0.717) is 0 Å². The average Bonchev–Trinajstić information content (AvgIpc) is 3.83. The molecule has 1 aliphatic rings. The molecule has 3 nitrogen and oxygen atoms in total. The maximum atomic E-state index is 6.70. The molecule has 3 heteroatoms. The minimum Gasteiger partial charge on any atom is -0.455 e. The first kappa shape index (κ1) is 33.0. The van der Waals surface area contributed by atoms with Crippen molar-refractivity contribution in [1.82, 2.24) is 4.57 Å². The maximum Gasteiger partial charge on any atom is 0.143 e. The quantitative estimate of drug-likeness (QED) is 0.163. The summed E-state index contributed by atoms with van der Waals surface area (Å²) in [5.41, 5.74) is 15.5. The number of hydrogen-bond donors (Lipinski definition) is 0. The molecule has 0 spiro atoms. The van der Waals surface area contributed by atoms with Gasteiger partial charge in [-0.3, -0.25) is 0 Å². The Balaban J connectivity index is 1.09. The van der Waals surface area contributed by atoms with Crippen molar-refractivity contribution in [1.29, 1.82) is 0 Å². The number of benzene rings is 8. The van der Waals surface area contributed by atoms with Crippen LogP contribution in [0.5, 0.6) is 0 Å². The van der Waals surface area contributed by atoms with Crippen LogP contribution in [0.15, 0.2) is 211 Å². The number of aromatic nitrogens is 1. The fraction of sp³-hybridized carbons (Fsp3) is 0.0370. The molecule has 0 atom stereocenters. The van der Waals surface area contributed by atoms with Crippen molar-refractivity contribution in [3.63, 3.8) is 0 Å². The number of allylic oxidation sites excluding steroid dienone is 4. The number of rotatable bonds is 7. The minimum atomic E-state index is 0.886. The Bertz CT molecular complexity index is 3130. The van der Waals surface area contributed by atoms with Gasteiger partial charge < -0.3 is 13.9 Å². The molecule has 0 radical (unpaired) electrons. The molecule has 2 heterocycles. The van der Waals surface area contributed by atoms with Gasteiger partial charge in [0.15, 0.2) is 0 Å². The highest BCUT2D eigenvalue weighted by molar-refractivity contribution is 6.13. The lowest BCUT2D eigenvalue weighted by Gasteiger charge is -2.27. The molecule has 57 heavy (non-hydrogen) atoms. The molecule has 8 aromatic carbocycles. The zero-order valence-electron chi connectivity index (χ0n) is 31.3. The van der Waals surface area contributed by atoms with E-state index in [4.69, 9.17) is 4.42 Å². The van der Waals surface area contributed by atoms with Crippen LogP contribution in [-0.2, 0) is 0 Å². The molecule has 2 aromatic heterocycles. The van der Waals surface area contributed by atoms with E-state index < -0.39 is 0 Å². The second-order valence-corrected chi connectivity index (χ2v) is 14.8. The molecule has 0 amide bonds. The first-order valence-electron chi connectivity index (χ1n) is 19.7. The monoisotopic (exact) mass is 730 g/mol. The van der Waals surface area contributed by atoms with Crippen LogP contribution in [0.3, 0.4) is 0 Å². The molecule has 0 aliphatic heterocycles. The first-order valence-corrected chi connectivity index (χ1v) is 19.7.